The van der Waals surface area contributed by atoms with Crippen molar-refractivity contribution in [1.29, 1.82) is 0 Å². The monoisotopic (exact) mass is 344 g/mol. The quantitative estimate of drug-likeness (QED) is 0.708. The van der Waals surface area contributed by atoms with Gasteiger partial charge in [0.25, 0.3) is 10.2 Å². The van der Waals surface area contributed by atoms with E-state index in [1.165, 1.54) is 0 Å². The number of piperidine rings is 1. The second kappa shape index (κ2) is 7.91. The molecule has 2 rings (SSSR count). The number of nitrogens with one attached hydrogen (secondary N) is 1. The summed E-state index contributed by atoms with van der Waals surface area (Å²) in [6.45, 7) is 2.60. The predicted molar refractivity (Wildman–Crippen MR) is 85.5 cm³/mol. The number of amides is 1. The highest BCUT2D eigenvalue weighted by molar-refractivity contribution is 7.87. The number of carbonyl (C=O) groups is 1. The van der Waals surface area contributed by atoms with E-state index in [-0.39, 0.29) is 11.8 Å². The summed E-state index contributed by atoms with van der Waals surface area (Å²) >= 11 is 0. The molecule has 0 unspecified atom stereocenters. The highest BCUT2D eigenvalue weighted by Crippen LogP contribution is 2.16. The minimum atomic E-state index is -3.66. The lowest BCUT2D eigenvalue weighted by atomic mass is 9.98. The molecule has 1 aromatic heterocycles. The highest BCUT2D eigenvalue weighted by atomic mass is 32.2. The maximum Gasteiger partial charge on any atom is 0.274 e. The Hall–Kier alpha value is -1.42. The van der Waals surface area contributed by atoms with Crippen LogP contribution in [0.15, 0.2) is 22.8 Å². The molecular formula is C14H24N4O4S. The molecule has 0 spiro atoms. The summed E-state index contributed by atoms with van der Waals surface area (Å²) in [6, 6.07) is 3.63. The van der Waals surface area contributed by atoms with E-state index in [0.717, 1.165) is 25.1 Å². The number of nitrogens with zero attached hydrogens (tertiary/aromatic N) is 2. The number of hydrogen-bond acceptors (Lipinski definition) is 5. The van der Waals surface area contributed by atoms with Crippen molar-refractivity contribution in [3.63, 3.8) is 0 Å². The van der Waals surface area contributed by atoms with Crippen LogP contribution in [0.4, 0.5) is 0 Å². The Morgan fingerprint density at radius 2 is 2.35 bits per heavy atom. The molecule has 1 aliphatic rings. The molecular weight excluding hydrogens is 320 g/mol. The first-order valence-electron chi connectivity index (χ1n) is 7.59. The van der Waals surface area contributed by atoms with Crippen molar-refractivity contribution in [2.45, 2.75) is 19.4 Å². The van der Waals surface area contributed by atoms with Crippen LogP contribution in [-0.4, -0.2) is 57.4 Å². The Labute approximate surface area is 136 Å². The summed E-state index contributed by atoms with van der Waals surface area (Å²) in [5.74, 6) is 0.932. The fourth-order valence-corrected chi connectivity index (χ4v) is 3.20. The van der Waals surface area contributed by atoms with Crippen LogP contribution in [0, 0.1) is 5.92 Å². The maximum absolute atomic E-state index is 12.3. The number of rotatable bonds is 7. The number of furan rings is 1. The van der Waals surface area contributed by atoms with Gasteiger partial charge in [0.15, 0.2) is 0 Å². The molecule has 23 heavy (non-hydrogen) atoms. The molecule has 8 nitrogen and oxygen atoms in total. The molecule has 0 aliphatic carbocycles. The Morgan fingerprint density at radius 1 is 1.57 bits per heavy atom. The minimum absolute atomic E-state index is 0.0152. The SMILES string of the molecule is CN(Cc1ccco1)C(=O)CN1CCC[C@H](CNS(N)(=O)=O)C1. The van der Waals surface area contributed by atoms with Crippen molar-refractivity contribution in [3.05, 3.63) is 24.2 Å². The van der Waals surface area contributed by atoms with Crippen LogP contribution in [0.25, 0.3) is 0 Å². The van der Waals surface area contributed by atoms with Gasteiger partial charge in [-0.05, 0) is 37.4 Å². The third-order valence-electron chi connectivity index (χ3n) is 3.93. The number of nitrogens with two attached hydrogens (primary N) is 1. The minimum Gasteiger partial charge on any atom is -0.467 e. The zero-order valence-corrected chi connectivity index (χ0v) is 14.1. The topological polar surface area (TPSA) is 109 Å². The first-order valence-corrected chi connectivity index (χ1v) is 9.14. The first-order chi connectivity index (χ1) is 10.8. The van der Waals surface area contributed by atoms with Gasteiger partial charge in [0.05, 0.1) is 19.4 Å². The number of hydrogen-bond donors (Lipinski definition) is 2. The zero-order chi connectivity index (χ0) is 16.9. The van der Waals surface area contributed by atoms with E-state index in [9.17, 15) is 13.2 Å². The van der Waals surface area contributed by atoms with Crippen molar-refractivity contribution in [2.75, 3.05) is 33.2 Å². The van der Waals surface area contributed by atoms with E-state index in [4.69, 9.17) is 9.56 Å². The molecule has 0 radical (unpaired) electrons. The Kier molecular flexibility index (Phi) is 6.17. The standard InChI is InChI=1S/C14H24N4O4S/c1-17(10-13-5-3-7-22-13)14(19)11-18-6-2-4-12(9-18)8-16-23(15,20)21/h3,5,7,12,16H,2,4,6,8-11H2,1H3,(H2,15,20,21)/t12-/m1/s1. The molecule has 0 aromatic carbocycles. The molecule has 1 fully saturated rings. The zero-order valence-electron chi connectivity index (χ0n) is 13.3. The van der Waals surface area contributed by atoms with Gasteiger partial charge < -0.3 is 9.32 Å². The molecule has 1 atom stereocenters. The lowest BCUT2D eigenvalue weighted by molar-refractivity contribution is -0.132. The highest BCUT2D eigenvalue weighted by Gasteiger charge is 2.23. The Balaban J connectivity index is 1.78. The summed E-state index contributed by atoms with van der Waals surface area (Å²) in [7, 11) is -1.92. The summed E-state index contributed by atoms with van der Waals surface area (Å²) in [4.78, 5) is 16.0. The Bertz CT molecular complexity index is 602. The smallest absolute Gasteiger partial charge is 0.274 e. The van der Waals surface area contributed by atoms with Gasteiger partial charge in [0.1, 0.15) is 5.76 Å². The number of carbonyl (C=O) groups excluding carboxylic acids is 1. The lowest BCUT2D eigenvalue weighted by Gasteiger charge is -2.33. The van der Waals surface area contributed by atoms with Crippen LogP contribution in [-0.2, 0) is 21.5 Å². The summed E-state index contributed by atoms with van der Waals surface area (Å²) in [5, 5.41) is 4.95. The maximum atomic E-state index is 12.3. The van der Waals surface area contributed by atoms with Crippen LogP contribution in [0.3, 0.4) is 0 Å². The predicted octanol–water partition coefficient (Wildman–Crippen LogP) is -0.257. The Morgan fingerprint density at radius 3 is 3.00 bits per heavy atom. The number of likely N-dealkylation sites (tertiary alicyclic amines) is 1. The van der Waals surface area contributed by atoms with Gasteiger partial charge in [-0.15, -0.1) is 0 Å². The van der Waals surface area contributed by atoms with E-state index in [1.54, 1.807) is 24.3 Å². The molecule has 1 amide bonds. The molecule has 1 saturated heterocycles. The fraction of sp³-hybridized carbons (Fsp3) is 0.643. The molecule has 9 heteroatoms. The van der Waals surface area contributed by atoms with Crippen LogP contribution >= 0.6 is 0 Å². The van der Waals surface area contributed by atoms with Gasteiger partial charge >= 0.3 is 0 Å². The van der Waals surface area contributed by atoms with E-state index >= 15 is 0 Å². The van der Waals surface area contributed by atoms with Gasteiger partial charge in [-0.3, -0.25) is 9.69 Å². The fourth-order valence-electron chi connectivity index (χ4n) is 2.73. The second-order valence-electron chi connectivity index (χ2n) is 5.97. The van der Waals surface area contributed by atoms with Crippen LogP contribution in [0.2, 0.25) is 0 Å². The largest absolute Gasteiger partial charge is 0.467 e. The molecule has 1 aliphatic heterocycles. The second-order valence-corrected chi connectivity index (χ2v) is 7.34. The van der Waals surface area contributed by atoms with Gasteiger partial charge in [-0.2, -0.15) is 8.42 Å². The van der Waals surface area contributed by atoms with E-state index in [0.29, 0.717) is 26.2 Å². The normalized spacial score (nSPS) is 19.7. The average molecular weight is 344 g/mol. The molecule has 3 N–H and O–H groups in total. The summed E-state index contributed by atoms with van der Waals surface area (Å²) in [5.41, 5.74) is 0. The van der Waals surface area contributed by atoms with Crippen molar-refractivity contribution in [1.82, 2.24) is 14.5 Å². The molecule has 0 bridgehead atoms. The van der Waals surface area contributed by atoms with Gasteiger partial charge in [-0.25, -0.2) is 9.86 Å². The average Bonchev–Trinajstić information content (AvgIpc) is 2.97. The third-order valence-corrected chi connectivity index (χ3v) is 4.50. The first kappa shape index (κ1) is 17.9. The van der Waals surface area contributed by atoms with E-state index in [1.807, 2.05) is 6.07 Å². The molecule has 0 saturated carbocycles. The van der Waals surface area contributed by atoms with Crippen molar-refractivity contribution in [3.8, 4) is 0 Å². The number of likely N-dealkylation sites (N-methyl/N-ethyl adjacent to an activating group) is 1. The van der Waals surface area contributed by atoms with Crippen LogP contribution < -0.4 is 9.86 Å². The van der Waals surface area contributed by atoms with Crippen molar-refractivity contribution in [2.24, 2.45) is 11.1 Å². The summed E-state index contributed by atoms with van der Waals surface area (Å²) < 4.78 is 29.5. The van der Waals surface area contributed by atoms with Gasteiger partial charge in [-0.1, -0.05) is 0 Å². The van der Waals surface area contributed by atoms with Crippen LogP contribution in [0.5, 0.6) is 0 Å². The summed E-state index contributed by atoms with van der Waals surface area (Å²) in [6.07, 6.45) is 3.45. The van der Waals surface area contributed by atoms with Crippen LogP contribution in [0.1, 0.15) is 18.6 Å². The lowest BCUT2D eigenvalue weighted by Crippen LogP contribution is -2.46. The molecule has 2 heterocycles. The van der Waals surface area contributed by atoms with Gasteiger partial charge in [0, 0.05) is 20.1 Å². The molecule has 130 valence electrons. The van der Waals surface area contributed by atoms with Crippen molar-refractivity contribution < 1.29 is 17.6 Å². The molecule has 1 aromatic rings. The van der Waals surface area contributed by atoms with Gasteiger partial charge in [0.2, 0.25) is 5.91 Å². The van der Waals surface area contributed by atoms with Crippen molar-refractivity contribution >= 4 is 16.1 Å². The van der Waals surface area contributed by atoms with E-state index in [2.05, 4.69) is 9.62 Å². The third kappa shape index (κ3) is 6.30. The van der Waals surface area contributed by atoms with E-state index < -0.39 is 10.2 Å².